The smallest absolute Gasteiger partial charge is 0.258 e. The van der Waals surface area contributed by atoms with E-state index < -0.39 is 11.7 Å². The second kappa shape index (κ2) is 10.0. The number of carbonyl (C=O) groups excluding carboxylic acids is 2. The molecule has 1 aliphatic heterocycles. The van der Waals surface area contributed by atoms with Gasteiger partial charge in [0.25, 0.3) is 11.8 Å². The lowest BCUT2D eigenvalue weighted by molar-refractivity contribution is 0.0746. The van der Waals surface area contributed by atoms with Gasteiger partial charge >= 0.3 is 0 Å². The summed E-state index contributed by atoms with van der Waals surface area (Å²) in [5.41, 5.74) is 2.17. The van der Waals surface area contributed by atoms with Crippen LogP contribution in [0.15, 0.2) is 66.7 Å². The quantitative estimate of drug-likeness (QED) is 0.626. The molecule has 0 spiro atoms. The van der Waals surface area contributed by atoms with Crippen molar-refractivity contribution < 1.29 is 18.7 Å². The number of benzene rings is 3. The Bertz CT molecular complexity index is 1230. The van der Waals surface area contributed by atoms with Crippen molar-refractivity contribution in [2.75, 3.05) is 43.5 Å². The van der Waals surface area contributed by atoms with Crippen molar-refractivity contribution in [1.82, 2.24) is 4.90 Å². The summed E-state index contributed by atoms with van der Waals surface area (Å²) in [4.78, 5) is 29.1. The monoisotopic (exact) mass is 458 g/mol. The summed E-state index contributed by atoms with van der Waals surface area (Å²) >= 11 is 0. The van der Waals surface area contributed by atoms with Gasteiger partial charge in [0.15, 0.2) is 0 Å². The average molecular weight is 458 g/mol. The van der Waals surface area contributed by atoms with Crippen LogP contribution in [0.1, 0.15) is 26.3 Å². The largest absolute Gasteiger partial charge is 0.497 e. The molecule has 0 bridgehead atoms. The van der Waals surface area contributed by atoms with Crippen LogP contribution in [0, 0.1) is 17.1 Å². The number of nitriles is 1. The van der Waals surface area contributed by atoms with Gasteiger partial charge in [-0.1, -0.05) is 0 Å². The van der Waals surface area contributed by atoms with Gasteiger partial charge in [0.2, 0.25) is 0 Å². The molecule has 0 aromatic heterocycles. The minimum absolute atomic E-state index is 0.00426. The average Bonchev–Trinajstić information content (AvgIpc) is 2.88. The number of ether oxygens (including phenoxy) is 1. The fraction of sp³-hybridized carbons (Fsp3) is 0.192. The maximum atomic E-state index is 14.1. The molecule has 1 saturated heterocycles. The molecule has 0 atom stereocenters. The van der Waals surface area contributed by atoms with Crippen LogP contribution in [0.4, 0.5) is 15.8 Å². The molecule has 3 aromatic carbocycles. The molecule has 1 fully saturated rings. The summed E-state index contributed by atoms with van der Waals surface area (Å²) in [5.74, 6) is -0.617. The summed E-state index contributed by atoms with van der Waals surface area (Å²) < 4.78 is 19.2. The van der Waals surface area contributed by atoms with Gasteiger partial charge < -0.3 is 19.9 Å². The molecule has 7 nitrogen and oxygen atoms in total. The second-order valence-electron chi connectivity index (χ2n) is 7.82. The van der Waals surface area contributed by atoms with E-state index in [2.05, 4.69) is 10.2 Å². The van der Waals surface area contributed by atoms with E-state index >= 15 is 0 Å². The summed E-state index contributed by atoms with van der Waals surface area (Å²) in [5, 5.41) is 11.5. The predicted octanol–water partition coefficient (Wildman–Crippen LogP) is 3.92. The van der Waals surface area contributed by atoms with E-state index in [9.17, 15) is 14.0 Å². The molecule has 4 rings (SSSR count). The topological polar surface area (TPSA) is 85.7 Å². The third-order valence-electron chi connectivity index (χ3n) is 5.74. The molecule has 0 saturated carbocycles. The van der Waals surface area contributed by atoms with Gasteiger partial charge in [0.1, 0.15) is 11.6 Å². The number of rotatable bonds is 5. The third kappa shape index (κ3) is 4.99. The van der Waals surface area contributed by atoms with Gasteiger partial charge in [-0.3, -0.25) is 9.59 Å². The molecule has 1 N–H and O–H groups in total. The van der Waals surface area contributed by atoms with Gasteiger partial charge in [-0.2, -0.15) is 5.26 Å². The highest BCUT2D eigenvalue weighted by atomic mass is 19.1. The van der Waals surface area contributed by atoms with Crippen LogP contribution in [0.3, 0.4) is 0 Å². The lowest BCUT2D eigenvalue weighted by atomic mass is 10.1. The molecule has 172 valence electrons. The summed E-state index contributed by atoms with van der Waals surface area (Å²) in [6, 6.07) is 19.9. The minimum atomic E-state index is -0.741. The van der Waals surface area contributed by atoms with E-state index in [0.29, 0.717) is 43.2 Å². The molecule has 1 heterocycles. The Morgan fingerprint density at radius 1 is 0.971 bits per heavy atom. The molecule has 34 heavy (non-hydrogen) atoms. The summed E-state index contributed by atoms with van der Waals surface area (Å²) in [7, 11) is 1.59. The Morgan fingerprint density at radius 3 is 2.24 bits per heavy atom. The van der Waals surface area contributed by atoms with E-state index in [1.165, 1.54) is 12.1 Å². The molecule has 0 radical (unpaired) electrons. The highest BCUT2D eigenvalue weighted by Gasteiger charge is 2.22. The van der Waals surface area contributed by atoms with Crippen molar-refractivity contribution in [3.05, 3.63) is 89.2 Å². The van der Waals surface area contributed by atoms with Crippen LogP contribution in [0.25, 0.3) is 0 Å². The van der Waals surface area contributed by atoms with E-state index in [1.54, 1.807) is 43.5 Å². The number of hydrogen-bond acceptors (Lipinski definition) is 5. The Labute approximate surface area is 197 Å². The first kappa shape index (κ1) is 22.8. The third-order valence-corrected chi connectivity index (χ3v) is 5.74. The molecule has 8 heteroatoms. The van der Waals surface area contributed by atoms with Crippen LogP contribution < -0.4 is 15.0 Å². The van der Waals surface area contributed by atoms with E-state index in [1.807, 2.05) is 23.1 Å². The molecule has 3 aromatic rings. The molecule has 0 aliphatic carbocycles. The molecule has 1 aliphatic rings. The van der Waals surface area contributed by atoms with E-state index in [-0.39, 0.29) is 17.0 Å². The first-order chi connectivity index (χ1) is 16.5. The maximum absolute atomic E-state index is 14.1. The maximum Gasteiger partial charge on any atom is 0.258 e. The summed E-state index contributed by atoms with van der Waals surface area (Å²) in [6.07, 6.45) is 0. The lowest BCUT2D eigenvalue weighted by Gasteiger charge is -2.36. The second-order valence-corrected chi connectivity index (χ2v) is 7.82. The fourth-order valence-corrected chi connectivity index (χ4v) is 3.81. The first-order valence-corrected chi connectivity index (χ1v) is 10.8. The molecule has 0 unspecified atom stereocenters. The predicted molar refractivity (Wildman–Crippen MR) is 127 cm³/mol. The Hall–Kier alpha value is -4.38. The van der Waals surface area contributed by atoms with E-state index in [4.69, 9.17) is 10.00 Å². The number of methoxy groups -OCH3 is 1. The standard InChI is InChI=1S/C26H23FN4O3/c1-34-22-9-3-19(4-10-22)26(33)31-14-12-30(13-15-31)21-7-5-20(6-8-21)29-25(32)23-11-2-18(17-28)16-24(23)27/h2-11,16H,12-15H2,1H3,(H,29,32). The normalized spacial score (nSPS) is 13.2. The Kier molecular flexibility index (Phi) is 6.74. The SMILES string of the molecule is COc1ccc(C(=O)N2CCN(c3ccc(NC(=O)c4ccc(C#N)cc4F)cc3)CC2)cc1. The Balaban J connectivity index is 1.33. The van der Waals surface area contributed by atoms with Gasteiger partial charge in [-0.25, -0.2) is 4.39 Å². The van der Waals surface area contributed by atoms with Crippen LogP contribution in [-0.2, 0) is 0 Å². The van der Waals surface area contributed by atoms with Crippen molar-refractivity contribution in [1.29, 1.82) is 5.26 Å². The number of nitrogens with zero attached hydrogens (tertiary/aromatic N) is 3. The molecular weight excluding hydrogens is 435 g/mol. The highest BCUT2D eigenvalue weighted by molar-refractivity contribution is 6.04. The van der Waals surface area contributed by atoms with Crippen molar-refractivity contribution >= 4 is 23.2 Å². The minimum Gasteiger partial charge on any atom is -0.497 e. The first-order valence-electron chi connectivity index (χ1n) is 10.8. The van der Waals surface area contributed by atoms with Crippen molar-refractivity contribution in [3.63, 3.8) is 0 Å². The number of hydrogen-bond donors (Lipinski definition) is 1. The highest BCUT2D eigenvalue weighted by Crippen LogP contribution is 2.22. The number of halogens is 1. The van der Waals surface area contributed by atoms with Crippen molar-refractivity contribution in [2.24, 2.45) is 0 Å². The number of nitrogens with one attached hydrogen (secondary N) is 1. The van der Waals surface area contributed by atoms with E-state index in [0.717, 1.165) is 11.8 Å². The fourth-order valence-electron chi connectivity index (χ4n) is 3.81. The number of anilines is 2. The van der Waals surface area contributed by atoms with Crippen LogP contribution >= 0.6 is 0 Å². The van der Waals surface area contributed by atoms with Gasteiger partial charge in [-0.05, 0) is 66.7 Å². The molecule has 2 amide bonds. The number of piperazine rings is 1. The molecular formula is C26H23FN4O3. The van der Waals surface area contributed by atoms with Crippen LogP contribution in [0.2, 0.25) is 0 Å². The van der Waals surface area contributed by atoms with Gasteiger partial charge in [0, 0.05) is 43.1 Å². The Morgan fingerprint density at radius 2 is 1.65 bits per heavy atom. The van der Waals surface area contributed by atoms with Gasteiger partial charge in [-0.15, -0.1) is 0 Å². The number of amides is 2. The van der Waals surface area contributed by atoms with Crippen LogP contribution in [0.5, 0.6) is 5.75 Å². The van der Waals surface area contributed by atoms with Gasteiger partial charge in [0.05, 0.1) is 24.3 Å². The van der Waals surface area contributed by atoms with Crippen molar-refractivity contribution in [3.8, 4) is 11.8 Å². The zero-order valence-corrected chi connectivity index (χ0v) is 18.6. The zero-order chi connectivity index (χ0) is 24.1. The number of carbonyl (C=O) groups is 2. The van der Waals surface area contributed by atoms with Crippen molar-refractivity contribution in [2.45, 2.75) is 0 Å². The van der Waals surface area contributed by atoms with Crippen LogP contribution in [-0.4, -0.2) is 50.0 Å². The zero-order valence-electron chi connectivity index (χ0n) is 18.6. The lowest BCUT2D eigenvalue weighted by Crippen LogP contribution is -2.48. The summed E-state index contributed by atoms with van der Waals surface area (Å²) in [6.45, 7) is 2.57.